The minimum absolute atomic E-state index is 0.116. The Hall–Kier alpha value is -1.85. The molecule has 1 aromatic heterocycles. The molecular weight excluding hydrogens is 150 g/mol. The third kappa shape index (κ3) is 2.09. The van der Waals surface area contributed by atoms with Gasteiger partial charge in [0.15, 0.2) is 0 Å². The Morgan fingerprint density at radius 1 is 1.73 bits per heavy atom. The Kier molecular flexibility index (Phi) is 1.86. The topological polar surface area (TPSA) is 91.3 Å². The lowest BCUT2D eigenvalue weighted by Gasteiger charge is -1.96. The molecule has 58 valence electrons. The van der Waals surface area contributed by atoms with Crippen LogP contribution < -0.4 is 10.6 Å². The summed E-state index contributed by atoms with van der Waals surface area (Å²) in [5, 5.41) is 8.84. The van der Waals surface area contributed by atoms with Gasteiger partial charge in [0.05, 0.1) is 0 Å². The normalized spacial score (nSPS) is 9.09. The van der Waals surface area contributed by atoms with Crippen LogP contribution in [-0.4, -0.2) is 10.1 Å². The van der Waals surface area contributed by atoms with Crippen molar-refractivity contribution in [2.75, 3.05) is 5.73 Å². The van der Waals surface area contributed by atoms with E-state index in [1.54, 1.807) is 0 Å². The quantitative estimate of drug-likeness (QED) is 0.487. The van der Waals surface area contributed by atoms with Gasteiger partial charge in [-0.25, -0.2) is 4.98 Å². The Morgan fingerprint density at radius 3 is 3.00 bits per heavy atom. The molecule has 0 aliphatic rings. The minimum atomic E-state index is -0.943. The van der Waals surface area contributed by atoms with E-state index < -0.39 is 5.09 Å². The van der Waals surface area contributed by atoms with Crippen molar-refractivity contribution in [3.63, 3.8) is 0 Å². The molecule has 6 heteroatoms. The Balaban J connectivity index is 2.79. The van der Waals surface area contributed by atoms with Gasteiger partial charge in [0.1, 0.15) is 0 Å². The van der Waals surface area contributed by atoms with E-state index in [1.807, 2.05) is 0 Å². The lowest BCUT2D eigenvalue weighted by Crippen LogP contribution is -2.04. The van der Waals surface area contributed by atoms with Gasteiger partial charge in [0.2, 0.25) is 5.88 Å². The molecule has 11 heavy (non-hydrogen) atoms. The standard InChI is InChI=1S/C5H5N3O3/c6-4-1-2-7-5(3-4)11-8(9)10/h1-3H,(H2,6,7). The molecule has 0 radical (unpaired) electrons. The number of aromatic nitrogens is 1. The molecule has 0 amide bonds. The van der Waals surface area contributed by atoms with Gasteiger partial charge in [0, 0.05) is 18.0 Å². The summed E-state index contributed by atoms with van der Waals surface area (Å²) in [4.78, 5) is 17.3. The Labute approximate surface area is 61.7 Å². The zero-order valence-electron chi connectivity index (χ0n) is 5.43. The van der Waals surface area contributed by atoms with E-state index in [9.17, 15) is 10.1 Å². The second-order valence-corrected chi connectivity index (χ2v) is 1.74. The van der Waals surface area contributed by atoms with Gasteiger partial charge in [-0.3, -0.25) is 4.84 Å². The van der Waals surface area contributed by atoms with Gasteiger partial charge >= 0.3 is 5.09 Å². The molecule has 0 atom stereocenters. The van der Waals surface area contributed by atoms with Crippen LogP contribution in [0.2, 0.25) is 0 Å². The Bertz CT molecular complexity index is 275. The molecule has 0 aliphatic heterocycles. The van der Waals surface area contributed by atoms with Crippen LogP contribution in [0.3, 0.4) is 0 Å². The first-order valence-corrected chi connectivity index (χ1v) is 2.72. The minimum Gasteiger partial charge on any atom is -0.399 e. The monoisotopic (exact) mass is 155 g/mol. The zero-order chi connectivity index (χ0) is 8.27. The molecule has 0 aromatic carbocycles. The van der Waals surface area contributed by atoms with E-state index in [1.165, 1.54) is 18.3 Å². The van der Waals surface area contributed by atoms with Crippen LogP contribution >= 0.6 is 0 Å². The molecule has 1 heterocycles. The molecule has 0 saturated carbocycles. The summed E-state index contributed by atoms with van der Waals surface area (Å²) in [5.41, 5.74) is 5.66. The average Bonchev–Trinajstić information content (AvgIpc) is 1.85. The summed E-state index contributed by atoms with van der Waals surface area (Å²) in [7, 11) is 0. The summed E-state index contributed by atoms with van der Waals surface area (Å²) in [6.07, 6.45) is 1.33. The lowest BCUT2D eigenvalue weighted by molar-refractivity contribution is -0.712. The lowest BCUT2D eigenvalue weighted by atomic mass is 10.4. The number of hydrogen-bond donors (Lipinski definition) is 1. The van der Waals surface area contributed by atoms with Gasteiger partial charge in [-0.05, 0) is 6.07 Å². The van der Waals surface area contributed by atoms with Crippen molar-refractivity contribution in [3.05, 3.63) is 28.4 Å². The number of nitrogens with two attached hydrogens (primary N) is 1. The van der Waals surface area contributed by atoms with Crippen LogP contribution in [0.25, 0.3) is 0 Å². The van der Waals surface area contributed by atoms with E-state index >= 15 is 0 Å². The van der Waals surface area contributed by atoms with Gasteiger partial charge < -0.3 is 5.73 Å². The van der Waals surface area contributed by atoms with Crippen LogP contribution in [0.4, 0.5) is 5.69 Å². The van der Waals surface area contributed by atoms with Crippen LogP contribution in [0.15, 0.2) is 18.3 Å². The predicted octanol–water partition coefficient (Wildman–Crippen LogP) is 0.234. The van der Waals surface area contributed by atoms with E-state index in [-0.39, 0.29) is 5.88 Å². The highest BCUT2D eigenvalue weighted by atomic mass is 17.0. The molecule has 0 spiro atoms. The molecule has 1 rings (SSSR count). The summed E-state index contributed by atoms with van der Waals surface area (Å²) in [5.74, 6) is -0.116. The van der Waals surface area contributed by atoms with Crippen molar-refractivity contribution in [3.8, 4) is 5.88 Å². The predicted molar refractivity (Wildman–Crippen MR) is 36.3 cm³/mol. The third-order valence-corrected chi connectivity index (χ3v) is 0.927. The average molecular weight is 155 g/mol. The second-order valence-electron chi connectivity index (χ2n) is 1.74. The fourth-order valence-corrected chi connectivity index (χ4v) is 0.551. The summed E-state index contributed by atoms with van der Waals surface area (Å²) in [6.45, 7) is 0. The van der Waals surface area contributed by atoms with Crippen molar-refractivity contribution in [2.24, 2.45) is 0 Å². The molecule has 0 saturated heterocycles. The highest BCUT2D eigenvalue weighted by molar-refractivity contribution is 5.39. The SMILES string of the molecule is Nc1ccnc(O[N+](=O)[O-])c1. The van der Waals surface area contributed by atoms with Crippen molar-refractivity contribution in [2.45, 2.75) is 0 Å². The number of rotatable bonds is 2. The summed E-state index contributed by atoms with van der Waals surface area (Å²) < 4.78 is 0. The molecule has 2 N–H and O–H groups in total. The summed E-state index contributed by atoms with van der Waals surface area (Å²) in [6, 6.07) is 2.77. The largest absolute Gasteiger partial charge is 0.399 e. The van der Waals surface area contributed by atoms with Crippen molar-refractivity contribution in [1.29, 1.82) is 0 Å². The fourth-order valence-electron chi connectivity index (χ4n) is 0.551. The molecular formula is C5H5N3O3. The smallest absolute Gasteiger partial charge is 0.301 e. The third-order valence-electron chi connectivity index (χ3n) is 0.927. The molecule has 0 bridgehead atoms. The number of nitrogen functional groups attached to an aromatic ring is 1. The molecule has 0 unspecified atom stereocenters. The molecule has 6 nitrogen and oxygen atoms in total. The summed E-state index contributed by atoms with van der Waals surface area (Å²) >= 11 is 0. The van der Waals surface area contributed by atoms with E-state index in [0.717, 1.165) is 0 Å². The highest BCUT2D eigenvalue weighted by Crippen LogP contribution is 2.09. The molecule has 0 aliphatic carbocycles. The first-order chi connectivity index (χ1) is 5.18. The van der Waals surface area contributed by atoms with E-state index in [0.29, 0.717) is 5.69 Å². The zero-order valence-corrected chi connectivity index (χ0v) is 5.43. The first-order valence-electron chi connectivity index (χ1n) is 2.72. The van der Waals surface area contributed by atoms with Gasteiger partial charge in [-0.1, -0.05) is 0 Å². The van der Waals surface area contributed by atoms with Crippen molar-refractivity contribution >= 4 is 5.69 Å². The maximum Gasteiger partial charge on any atom is 0.301 e. The maximum absolute atomic E-state index is 9.78. The number of nitrogens with zero attached hydrogens (tertiary/aromatic N) is 2. The van der Waals surface area contributed by atoms with Gasteiger partial charge in [-0.15, -0.1) is 10.1 Å². The van der Waals surface area contributed by atoms with Crippen LogP contribution in [0.5, 0.6) is 5.88 Å². The fraction of sp³-hybridized carbons (Fsp3) is 0. The molecule has 0 fully saturated rings. The number of pyridine rings is 1. The second kappa shape index (κ2) is 2.82. The number of anilines is 1. The van der Waals surface area contributed by atoms with Crippen LogP contribution in [0.1, 0.15) is 0 Å². The van der Waals surface area contributed by atoms with E-state index in [4.69, 9.17) is 5.73 Å². The van der Waals surface area contributed by atoms with Crippen molar-refractivity contribution < 1.29 is 9.92 Å². The van der Waals surface area contributed by atoms with Crippen molar-refractivity contribution in [1.82, 2.24) is 4.98 Å². The van der Waals surface area contributed by atoms with Crippen LogP contribution in [-0.2, 0) is 0 Å². The Morgan fingerprint density at radius 2 is 2.45 bits per heavy atom. The first kappa shape index (κ1) is 7.26. The maximum atomic E-state index is 9.78. The molecule has 1 aromatic rings. The van der Waals surface area contributed by atoms with E-state index in [2.05, 4.69) is 9.82 Å². The number of hydrogen-bond acceptors (Lipinski definition) is 5. The van der Waals surface area contributed by atoms with Crippen LogP contribution in [0, 0.1) is 10.1 Å². The van der Waals surface area contributed by atoms with Gasteiger partial charge in [-0.2, -0.15) is 0 Å². The highest BCUT2D eigenvalue weighted by Gasteiger charge is 1.99. The van der Waals surface area contributed by atoms with Gasteiger partial charge in [0.25, 0.3) is 0 Å².